The van der Waals surface area contributed by atoms with Crippen LogP contribution in [0.3, 0.4) is 0 Å². The molecule has 1 aromatic heterocycles. The van der Waals surface area contributed by atoms with E-state index >= 15 is 0 Å². The molecule has 0 aromatic carbocycles. The summed E-state index contributed by atoms with van der Waals surface area (Å²) in [4.78, 5) is 3.88. The third-order valence-corrected chi connectivity index (χ3v) is 1.55. The van der Waals surface area contributed by atoms with Crippen LogP contribution < -0.4 is 5.73 Å². The third-order valence-electron chi connectivity index (χ3n) is 1.55. The molecule has 54 valence electrons. The molecule has 0 radical (unpaired) electrons. The molecule has 0 aliphatic carbocycles. The van der Waals surface area contributed by atoms with Gasteiger partial charge in [-0.05, 0) is 0 Å². The second kappa shape index (κ2) is 1.98. The molecule has 10 heavy (non-hydrogen) atoms. The first-order chi connectivity index (χ1) is 4.86. The highest BCUT2D eigenvalue weighted by molar-refractivity contribution is 5.16. The standard InChI is InChI=1S/C6H9N3O/c7-6-8-1-2-9(6)3-5-4-10-5/h1-2,5H,3-4H2,(H2,7,8). The van der Waals surface area contributed by atoms with Gasteiger partial charge in [-0.15, -0.1) is 0 Å². The number of hydrogen-bond acceptors (Lipinski definition) is 3. The van der Waals surface area contributed by atoms with Gasteiger partial charge in [0, 0.05) is 12.4 Å². The van der Waals surface area contributed by atoms with Gasteiger partial charge < -0.3 is 15.0 Å². The first-order valence-corrected chi connectivity index (χ1v) is 3.24. The number of ether oxygens (including phenoxy) is 1. The largest absolute Gasteiger partial charge is 0.371 e. The van der Waals surface area contributed by atoms with Gasteiger partial charge in [0.2, 0.25) is 0 Å². The van der Waals surface area contributed by atoms with E-state index in [1.54, 1.807) is 6.20 Å². The molecule has 1 fully saturated rings. The Hall–Kier alpha value is -1.03. The monoisotopic (exact) mass is 139 g/mol. The average molecular weight is 139 g/mol. The van der Waals surface area contributed by atoms with Crippen LogP contribution in [0.1, 0.15) is 0 Å². The van der Waals surface area contributed by atoms with Gasteiger partial charge in [-0.25, -0.2) is 4.98 Å². The molecular formula is C6H9N3O. The fourth-order valence-corrected chi connectivity index (χ4v) is 0.888. The van der Waals surface area contributed by atoms with Gasteiger partial charge >= 0.3 is 0 Å². The molecule has 1 aliphatic heterocycles. The third kappa shape index (κ3) is 0.974. The number of epoxide rings is 1. The van der Waals surface area contributed by atoms with Crippen LogP contribution in [0.2, 0.25) is 0 Å². The zero-order valence-corrected chi connectivity index (χ0v) is 5.53. The first kappa shape index (κ1) is 5.73. The number of anilines is 1. The predicted molar refractivity (Wildman–Crippen MR) is 36.4 cm³/mol. The summed E-state index contributed by atoms with van der Waals surface area (Å²) in [6.45, 7) is 1.70. The van der Waals surface area contributed by atoms with Crippen LogP contribution in [0.5, 0.6) is 0 Å². The van der Waals surface area contributed by atoms with E-state index in [4.69, 9.17) is 10.5 Å². The Labute approximate surface area is 58.6 Å². The highest BCUT2D eigenvalue weighted by Gasteiger charge is 2.23. The van der Waals surface area contributed by atoms with Crippen LogP contribution in [0.4, 0.5) is 5.95 Å². The number of aromatic nitrogens is 2. The van der Waals surface area contributed by atoms with Gasteiger partial charge in [0.25, 0.3) is 0 Å². The Morgan fingerprint density at radius 3 is 3.20 bits per heavy atom. The summed E-state index contributed by atoms with van der Waals surface area (Å²) in [5, 5.41) is 0. The quantitative estimate of drug-likeness (QED) is 0.580. The maximum Gasteiger partial charge on any atom is 0.200 e. The van der Waals surface area contributed by atoms with Gasteiger partial charge in [0.1, 0.15) is 0 Å². The minimum absolute atomic E-state index is 0.372. The van der Waals surface area contributed by atoms with E-state index in [-0.39, 0.29) is 0 Å². The topological polar surface area (TPSA) is 56.4 Å². The summed E-state index contributed by atoms with van der Waals surface area (Å²) in [6.07, 6.45) is 3.92. The Kier molecular flexibility index (Phi) is 1.14. The van der Waals surface area contributed by atoms with Gasteiger partial charge in [0.15, 0.2) is 5.95 Å². The lowest BCUT2D eigenvalue weighted by molar-refractivity contribution is 0.384. The molecule has 0 saturated carbocycles. The molecule has 2 heterocycles. The van der Waals surface area contributed by atoms with Crippen LogP contribution in [-0.2, 0) is 11.3 Å². The fourth-order valence-electron chi connectivity index (χ4n) is 0.888. The van der Waals surface area contributed by atoms with Crippen molar-refractivity contribution in [1.82, 2.24) is 9.55 Å². The molecule has 0 amide bonds. The maximum atomic E-state index is 5.51. The molecule has 2 N–H and O–H groups in total. The summed E-state index contributed by atoms with van der Waals surface area (Å²) in [5.74, 6) is 0.565. The van der Waals surface area contributed by atoms with Crippen molar-refractivity contribution in [1.29, 1.82) is 0 Å². The van der Waals surface area contributed by atoms with Gasteiger partial charge in [-0.1, -0.05) is 0 Å². The molecular weight excluding hydrogens is 130 g/mol. The maximum absolute atomic E-state index is 5.51. The van der Waals surface area contributed by atoms with Crippen LogP contribution in [-0.4, -0.2) is 22.3 Å². The lowest BCUT2D eigenvalue weighted by Gasteiger charge is -1.98. The molecule has 0 bridgehead atoms. The number of nitrogens with zero attached hydrogens (tertiary/aromatic N) is 2. The van der Waals surface area contributed by atoms with Crippen molar-refractivity contribution in [3.63, 3.8) is 0 Å². The second-order valence-corrected chi connectivity index (χ2v) is 2.39. The molecule has 1 aliphatic rings. The minimum Gasteiger partial charge on any atom is -0.371 e. The summed E-state index contributed by atoms with van der Waals surface area (Å²) in [7, 11) is 0. The van der Waals surface area contributed by atoms with Crippen molar-refractivity contribution in [3.8, 4) is 0 Å². The molecule has 1 atom stereocenters. The molecule has 1 saturated heterocycles. The number of hydrogen-bond donors (Lipinski definition) is 1. The van der Waals surface area contributed by atoms with Crippen molar-refractivity contribution >= 4 is 5.95 Å². The summed E-state index contributed by atoms with van der Waals surface area (Å²) >= 11 is 0. The molecule has 1 unspecified atom stereocenters. The Bertz CT molecular complexity index is 229. The van der Waals surface area contributed by atoms with E-state index in [1.807, 2.05) is 10.8 Å². The van der Waals surface area contributed by atoms with Gasteiger partial charge in [-0.2, -0.15) is 0 Å². The molecule has 1 aromatic rings. The molecule has 4 nitrogen and oxygen atoms in total. The zero-order chi connectivity index (χ0) is 6.97. The van der Waals surface area contributed by atoms with Crippen LogP contribution >= 0.6 is 0 Å². The van der Waals surface area contributed by atoms with Gasteiger partial charge in [-0.3, -0.25) is 0 Å². The zero-order valence-electron chi connectivity index (χ0n) is 5.53. The number of imidazole rings is 1. The minimum atomic E-state index is 0.372. The molecule has 2 rings (SSSR count). The number of nitrogens with two attached hydrogens (primary N) is 1. The highest BCUT2D eigenvalue weighted by atomic mass is 16.6. The van der Waals surface area contributed by atoms with E-state index in [1.165, 1.54) is 0 Å². The molecule has 0 spiro atoms. The Morgan fingerprint density at radius 2 is 2.70 bits per heavy atom. The van der Waals surface area contributed by atoms with E-state index < -0.39 is 0 Å². The van der Waals surface area contributed by atoms with Crippen LogP contribution in [0, 0.1) is 0 Å². The van der Waals surface area contributed by atoms with E-state index in [0.29, 0.717) is 12.1 Å². The lowest BCUT2D eigenvalue weighted by atomic mass is 10.5. The Morgan fingerprint density at radius 1 is 1.90 bits per heavy atom. The summed E-state index contributed by atoms with van der Waals surface area (Å²) in [6, 6.07) is 0. The molecule has 4 heteroatoms. The van der Waals surface area contributed by atoms with Crippen LogP contribution in [0.25, 0.3) is 0 Å². The van der Waals surface area contributed by atoms with Crippen molar-refractivity contribution in [3.05, 3.63) is 12.4 Å². The van der Waals surface area contributed by atoms with Crippen molar-refractivity contribution in [2.75, 3.05) is 12.3 Å². The van der Waals surface area contributed by atoms with E-state index in [0.717, 1.165) is 13.2 Å². The SMILES string of the molecule is Nc1nccn1CC1CO1. The van der Waals surface area contributed by atoms with Crippen molar-refractivity contribution in [2.45, 2.75) is 12.6 Å². The normalized spacial score (nSPS) is 23.0. The highest BCUT2D eigenvalue weighted by Crippen LogP contribution is 2.12. The first-order valence-electron chi connectivity index (χ1n) is 3.24. The van der Waals surface area contributed by atoms with E-state index in [2.05, 4.69) is 4.98 Å². The average Bonchev–Trinajstić information content (AvgIpc) is 2.62. The smallest absolute Gasteiger partial charge is 0.200 e. The summed E-state index contributed by atoms with van der Waals surface area (Å²) in [5.41, 5.74) is 5.51. The second-order valence-electron chi connectivity index (χ2n) is 2.39. The van der Waals surface area contributed by atoms with E-state index in [9.17, 15) is 0 Å². The number of rotatable bonds is 2. The van der Waals surface area contributed by atoms with Crippen molar-refractivity contribution < 1.29 is 4.74 Å². The number of nitrogen functional groups attached to an aromatic ring is 1. The van der Waals surface area contributed by atoms with Crippen molar-refractivity contribution in [2.24, 2.45) is 0 Å². The summed E-state index contributed by atoms with van der Waals surface area (Å²) < 4.78 is 6.92. The lowest BCUT2D eigenvalue weighted by Crippen LogP contribution is -2.06. The predicted octanol–water partition coefficient (Wildman–Crippen LogP) is -0.136. The van der Waals surface area contributed by atoms with Gasteiger partial charge in [0.05, 0.1) is 19.3 Å². The van der Waals surface area contributed by atoms with Crippen LogP contribution in [0.15, 0.2) is 12.4 Å². The Balaban J connectivity index is 2.08. The fraction of sp³-hybridized carbons (Fsp3) is 0.500.